The molecule has 0 bridgehead atoms. The van der Waals surface area contributed by atoms with Gasteiger partial charge in [-0.3, -0.25) is 10.1 Å². The van der Waals surface area contributed by atoms with Crippen molar-refractivity contribution in [3.05, 3.63) is 28.3 Å². The van der Waals surface area contributed by atoms with Crippen LogP contribution in [0, 0.1) is 16.0 Å². The summed E-state index contributed by atoms with van der Waals surface area (Å²) in [4.78, 5) is 10.8. The zero-order valence-electron chi connectivity index (χ0n) is 11.7. The molecule has 0 atom stereocenters. The normalized spacial score (nSPS) is 14.1. The standard InChI is InChI=1S/C14H21N3O3/c1-2-15-12-4-3-5-13(14(12)17(18)19)16-8-9-20-10-11-6-7-11/h3-5,11,15-16H,2,6-10H2,1H3. The molecule has 0 aromatic heterocycles. The summed E-state index contributed by atoms with van der Waals surface area (Å²) in [5.41, 5.74) is 1.17. The van der Waals surface area contributed by atoms with Crippen molar-refractivity contribution in [2.24, 2.45) is 5.92 Å². The average molecular weight is 279 g/mol. The molecular formula is C14H21N3O3. The summed E-state index contributed by atoms with van der Waals surface area (Å²) in [7, 11) is 0. The third kappa shape index (κ3) is 4.09. The fraction of sp³-hybridized carbons (Fsp3) is 0.571. The van der Waals surface area contributed by atoms with Crippen LogP contribution in [0.4, 0.5) is 17.1 Å². The van der Waals surface area contributed by atoms with Gasteiger partial charge >= 0.3 is 5.69 Å². The predicted molar refractivity (Wildman–Crippen MR) is 79.3 cm³/mol. The number of hydrogen-bond donors (Lipinski definition) is 2. The zero-order valence-corrected chi connectivity index (χ0v) is 11.7. The maximum absolute atomic E-state index is 11.2. The number of nitrogens with one attached hydrogen (secondary N) is 2. The summed E-state index contributed by atoms with van der Waals surface area (Å²) in [5, 5.41) is 17.3. The Morgan fingerprint density at radius 1 is 1.35 bits per heavy atom. The SMILES string of the molecule is CCNc1cccc(NCCOCC2CC2)c1[N+](=O)[O-]. The maximum Gasteiger partial charge on any atom is 0.315 e. The lowest BCUT2D eigenvalue weighted by Crippen LogP contribution is -2.12. The second-order valence-electron chi connectivity index (χ2n) is 4.93. The van der Waals surface area contributed by atoms with Crippen molar-refractivity contribution in [3.8, 4) is 0 Å². The van der Waals surface area contributed by atoms with E-state index in [2.05, 4.69) is 10.6 Å². The van der Waals surface area contributed by atoms with Gasteiger partial charge in [0, 0.05) is 19.7 Å². The van der Waals surface area contributed by atoms with Crippen LogP contribution in [0.3, 0.4) is 0 Å². The van der Waals surface area contributed by atoms with E-state index in [1.165, 1.54) is 12.8 Å². The van der Waals surface area contributed by atoms with E-state index in [1.807, 2.05) is 6.92 Å². The molecule has 0 spiro atoms. The average Bonchev–Trinajstić information content (AvgIpc) is 3.22. The number of ether oxygens (including phenoxy) is 1. The van der Waals surface area contributed by atoms with Gasteiger partial charge in [-0.05, 0) is 37.8 Å². The lowest BCUT2D eigenvalue weighted by molar-refractivity contribution is -0.383. The molecule has 1 aliphatic carbocycles. The van der Waals surface area contributed by atoms with E-state index in [0.29, 0.717) is 31.1 Å². The highest BCUT2D eigenvalue weighted by Gasteiger charge is 2.21. The summed E-state index contributed by atoms with van der Waals surface area (Å²) in [6.07, 6.45) is 2.53. The third-order valence-electron chi connectivity index (χ3n) is 3.20. The Bertz CT molecular complexity index is 461. The molecule has 2 rings (SSSR count). The first-order chi connectivity index (χ1) is 9.72. The van der Waals surface area contributed by atoms with Crippen molar-refractivity contribution in [1.29, 1.82) is 0 Å². The van der Waals surface area contributed by atoms with E-state index in [-0.39, 0.29) is 10.6 Å². The molecule has 0 saturated heterocycles. The Morgan fingerprint density at radius 3 is 2.65 bits per heavy atom. The van der Waals surface area contributed by atoms with Crippen LogP contribution in [0.2, 0.25) is 0 Å². The van der Waals surface area contributed by atoms with Crippen LogP contribution in [0.25, 0.3) is 0 Å². The summed E-state index contributed by atoms with van der Waals surface area (Å²) in [6.45, 7) is 4.51. The summed E-state index contributed by atoms with van der Waals surface area (Å²) in [6, 6.07) is 5.24. The van der Waals surface area contributed by atoms with Crippen molar-refractivity contribution >= 4 is 17.1 Å². The minimum Gasteiger partial charge on any atom is -0.380 e. The molecule has 1 aliphatic rings. The smallest absolute Gasteiger partial charge is 0.315 e. The Balaban J connectivity index is 1.91. The number of anilines is 2. The number of nitrogens with zero attached hydrogens (tertiary/aromatic N) is 1. The first kappa shape index (κ1) is 14.6. The largest absolute Gasteiger partial charge is 0.380 e. The highest BCUT2D eigenvalue weighted by Crippen LogP contribution is 2.32. The third-order valence-corrected chi connectivity index (χ3v) is 3.20. The minimum atomic E-state index is -0.356. The van der Waals surface area contributed by atoms with Gasteiger partial charge in [-0.15, -0.1) is 0 Å². The number of nitro benzene ring substituents is 1. The number of para-hydroxylation sites is 1. The number of benzene rings is 1. The predicted octanol–water partition coefficient (Wildman–Crippen LogP) is 2.87. The molecule has 6 heteroatoms. The molecule has 110 valence electrons. The van der Waals surface area contributed by atoms with Crippen LogP contribution in [0.5, 0.6) is 0 Å². The van der Waals surface area contributed by atoms with Gasteiger partial charge in [0.15, 0.2) is 0 Å². The molecular weight excluding hydrogens is 258 g/mol. The Morgan fingerprint density at radius 2 is 2.05 bits per heavy atom. The quantitative estimate of drug-likeness (QED) is 0.413. The lowest BCUT2D eigenvalue weighted by atomic mass is 10.2. The molecule has 0 aliphatic heterocycles. The van der Waals surface area contributed by atoms with Gasteiger partial charge in [-0.25, -0.2) is 0 Å². The van der Waals surface area contributed by atoms with E-state index < -0.39 is 0 Å². The maximum atomic E-state index is 11.2. The van der Waals surface area contributed by atoms with Gasteiger partial charge in [0.05, 0.1) is 11.5 Å². The highest BCUT2D eigenvalue weighted by atomic mass is 16.6. The van der Waals surface area contributed by atoms with Crippen LogP contribution in [-0.2, 0) is 4.74 Å². The van der Waals surface area contributed by atoms with Gasteiger partial charge in [0.1, 0.15) is 11.4 Å². The summed E-state index contributed by atoms with van der Waals surface area (Å²) < 4.78 is 5.51. The van der Waals surface area contributed by atoms with E-state index in [9.17, 15) is 10.1 Å². The summed E-state index contributed by atoms with van der Waals surface area (Å²) >= 11 is 0. The van der Waals surface area contributed by atoms with Crippen molar-refractivity contribution in [1.82, 2.24) is 0 Å². The summed E-state index contributed by atoms with van der Waals surface area (Å²) in [5.74, 6) is 0.737. The Kier molecular flexibility index (Phi) is 5.17. The lowest BCUT2D eigenvalue weighted by Gasteiger charge is -2.11. The molecule has 0 heterocycles. The molecule has 1 saturated carbocycles. The van der Waals surface area contributed by atoms with Crippen molar-refractivity contribution in [2.75, 3.05) is 36.9 Å². The first-order valence-corrected chi connectivity index (χ1v) is 7.05. The number of hydrogen-bond acceptors (Lipinski definition) is 5. The van der Waals surface area contributed by atoms with Gasteiger partial charge in [0.25, 0.3) is 0 Å². The van der Waals surface area contributed by atoms with E-state index in [1.54, 1.807) is 18.2 Å². The first-order valence-electron chi connectivity index (χ1n) is 7.05. The fourth-order valence-corrected chi connectivity index (χ4v) is 2.01. The van der Waals surface area contributed by atoms with Gasteiger partial charge < -0.3 is 15.4 Å². The second-order valence-corrected chi connectivity index (χ2v) is 4.93. The highest BCUT2D eigenvalue weighted by molar-refractivity contribution is 5.76. The van der Waals surface area contributed by atoms with Crippen LogP contribution in [-0.4, -0.2) is 31.2 Å². The van der Waals surface area contributed by atoms with Crippen molar-refractivity contribution < 1.29 is 9.66 Å². The van der Waals surface area contributed by atoms with Crippen LogP contribution >= 0.6 is 0 Å². The molecule has 0 radical (unpaired) electrons. The Hall–Kier alpha value is -1.82. The fourth-order valence-electron chi connectivity index (χ4n) is 2.01. The number of rotatable bonds is 9. The van der Waals surface area contributed by atoms with E-state index in [0.717, 1.165) is 12.5 Å². The van der Waals surface area contributed by atoms with Crippen LogP contribution in [0.15, 0.2) is 18.2 Å². The molecule has 6 nitrogen and oxygen atoms in total. The van der Waals surface area contributed by atoms with Crippen molar-refractivity contribution in [3.63, 3.8) is 0 Å². The molecule has 2 N–H and O–H groups in total. The van der Waals surface area contributed by atoms with Crippen LogP contribution < -0.4 is 10.6 Å². The zero-order chi connectivity index (χ0) is 14.4. The van der Waals surface area contributed by atoms with E-state index in [4.69, 9.17) is 4.74 Å². The second kappa shape index (κ2) is 7.09. The number of nitro groups is 1. The molecule has 1 aromatic rings. The minimum absolute atomic E-state index is 0.0940. The van der Waals surface area contributed by atoms with Gasteiger partial charge in [-0.2, -0.15) is 0 Å². The van der Waals surface area contributed by atoms with E-state index >= 15 is 0 Å². The molecule has 1 fully saturated rings. The molecule has 1 aromatic carbocycles. The van der Waals surface area contributed by atoms with Gasteiger partial charge in [0.2, 0.25) is 0 Å². The molecule has 0 unspecified atom stereocenters. The molecule has 20 heavy (non-hydrogen) atoms. The van der Waals surface area contributed by atoms with Crippen LogP contribution in [0.1, 0.15) is 19.8 Å². The monoisotopic (exact) mass is 279 g/mol. The topological polar surface area (TPSA) is 76.4 Å². The molecule has 0 amide bonds. The van der Waals surface area contributed by atoms with Gasteiger partial charge in [-0.1, -0.05) is 6.07 Å². The Labute approximate surface area is 118 Å². The van der Waals surface area contributed by atoms with Crippen molar-refractivity contribution in [2.45, 2.75) is 19.8 Å².